The van der Waals surface area contributed by atoms with Crippen molar-refractivity contribution in [1.29, 1.82) is 0 Å². The summed E-state index contributed by atoms with van der Waals surface area (Å²) in [5.41, 5.74) is 0.837. The van der Waals surface area contributed by atoms with Crippen LogP contribution >= 0.6 is 0 Å². The summed E-state index contributed by atoms with van der Waals surface area (Å²) in [4.78, 5) is 30.3. The number of hydrogen-bond donors (Lipinski definition) is 3. The lowest BCUT2D eigenvalue weighted by atomic mass is 9.71. The third-order valence-corrected chi connectivity index (χ3v) is 3.97. The van der Waals surface area contributed by atoms with Crippen LogP contribution in [0, 0.1) is 12.8 Å². The summed E-state index contributed by atoms with van der Waals surface area (Å²) in [6.07, 6.45) is 2.54. The second-order valence-corrected chi connectivity index (χ2v) is 5.43. The fourth-order valence-corrected chi connectivity index (χ4v) is 3.06. The van der Waals surface area contributed by atoms with Gasteiger partial charge in [-0.15, -0.1) is 0 Å². The Morgan fingerprint density at radius 3 is 2.85 bits per heavy atom. The van der Waals surface area contributed by atoms with Crippen LogP contribution in [0.2, 0.25) is 0 Å². The van der Waals surface area contributed by atoms with Crippen LogP contribution in [0.25, 0.3) is 0 Å². The molecule has 2 aliphatic rings. The van der Waals surface area contributed by atoms with Gasteiger partial charge in [-0.2, -0.15) is 0 Å². The smallest absolute Gasteiger partial charge is 0.287 e. The lowest BCUT2D eigenvalue weighted by Crippen LogP contribution is -2.70. The number of hydrogen-bond acceptors (Lipinski definition) is 4. The van der Waals surface area contributed by atoms with E-state index < -0.39 is 0 Å². The molecule has 3 N–H and O–H groups in total. The maximum Gasteiger partial charge on any atom is 0.287 e. The number of amides is 2. The van der Waals surface area contributed by atoms with Gasteiger partial charge in [0, 0.05) is 31.3 Å². The summed E-state index contributed by atoms with van der Waals surface area (Å²) in [6.45, 7) is 3.99. The zero-order valence-electron chi connectivity index (χ0n) is 11.5. The van der Waals surface area contributed by atoms with Gasteiger partial charge in [-0.05, 0) is 13.3 Å². The number of carbonyl (C=O) groups excluding carboxylic acids is 2. The Balaban J connectivity index is 1.68. The minimum Gasteiger partial charge on any atom is -0.376 e. The molecule has 1 saturated heterocycles. The van der Waals surface area contributed by atoms with Crippen molar-refractivity contribution in [3.8, 4) is 0 Å². The Morgan fingerprint density at radius 2 is 2.20 bits per heavy atom. The van der Waals surface area contributed by atoms with Crippen molar-refractivity contribution < 1.29 is 14.3 Å². The van der Waals surface area contributed by atoms with Gasteiger partial charge in [0.15, 0.2) is 5.82 Å². The Bertz CT molecular complexity index is 541. The summed E-state index contributed by atoms with van der Waals surface area (Å²) >= 11 is 0. The molecule has 1 saturated carbocycles. The average molecular weight is 278 g/mol. The van der Waals surface area contributed by atoms with E-state index in [0.29, 0.717) is 12.4 Å². The van der Waals surface area contributed by atoms with Crippen LogP contribution in [0.5, 0.6) is 0 Å². The van der Waals surface area contributed by atoms with E-state index in [2.05, 4.69) is 20.6 Å². The van der Waals surface area contributed by atoms with Gasteiger partial charge in [-0.3, -0.25) is 9.59 Å². The minimum atomic E-state index is -0.246. The standard InChI is InChI=1S/C13H18N4O3/c1-6-5-14-12(15-6)13(19)17-9-8-3-4-20-11(8)10(9)16-7(2)18/h5,8-11H,3-4H2,1-2H3,(H,14,15)(H,16,18)(H,17,19)/t8-,9+,10-,11-/m1/s1. The summed E-state index contributed by atoms with van der Waals surface area (Å²) in [6, 6.07) is -0.246. The van der Waals surface area contributed by atoms with E-state index in [1.54, 1.807) is 6.20 Å². The second kappa shape index (κ2) is 4.90. The highest BCUT2D eigenvalue weighted by Gasteiger charge is 2.55. The molecule has 2 amide bonds. The van der Waals surface area contributed by atoms with Crippen molar-refractivity contribution in [1.82, 2.24) is 20.6 Å². The van der Waals surface area contributed by atoms with Gasteiger partial charge in [0.25, 0.3) is 5.91 Å². The number of nitrogens with one attached hydrogen (secondary N) is 3. The molecule has 1 aromatic rings. The average Bonchev–Trinajstić information content (AvgIpc) is 2.99. The minimum absolute atomic E-state index is 0.0162. The summed E-state index contributed by atoms with van der Waals surface area (Å²) in [5.74, 6) is 0.208. The van der Waals surface area contributed by atoms with Gasteiger partial charge in [0.05, 0.1) is 18.2 Å². The first-order valence-corrected chi connectivity index (χ1v) is 6.77. The van der Waals surface area contributed by atoms with E-state index in [4.69, 9.17) is 4.74 Å². The van der Waals surface area contributed by atoms with E-state index in [0.717, 1.165) is 12.1 Å². The van der Waals surface area contributed by atoms with Gasteiger partial charge >= 0.3 is 0 Å². The van der Waals surface area contributed by atoms with Crippen molar-refractivity contribution in [3.05, 3.63) is 17.7 Å². The summed E-state index contributed by atoms with van der Waals surface area (Å²) in [5, 5.41) is 5.80. The number of aromatic nitrogens is 2. The fraction of sp³-hybridized carbons (Fsp3) is 0.615. The topological polar surface area (TPSA) is 96.1 Å². The van der Waals surface area contributed by atoms with Crippen LogP contribution in [0.4, 0.5) is 0 Å². The number of nitrogens with zero attached hydrogens (tertiary/aromatic N) is 1. The molecular weight excluding hydrogens is 260 g/mol. The SMILES string of the molecule is CC(=O)N[C@@H]1[C@@H](NC(=O)c2ncc(C)[nH]2)[C@H]2CCO[C@H]21. The molecule has 7 heteroatoms. The number of imidazole rings is 1. The zero-order chi connectivity index (χ0) is 14.3. The third-order valence-electron chi connectivity index (χ3n) is 3.97. The van der Waals surface area contributed by atoms with Crippen molar-refractivity contribution in [2.45, 2.75) is 38.5 Å². The molecule has 3 rings (SSSR count). The second-order valence-electron chi connectivity index (χ2n) is 5.43. The summed E-state index contributed by atoms with van der Waals surface area (Å²) < 4.78 is 5.60. The number of rotatable bonds is 3. The Hall–Kier alpha value is -1.89. The van der Waals surface area contributed by atoms with E-state index in [9.17, 15) is 9.59 Å². The Labute approximate surface area is 116 Å². The Kier molecular flexibility index (Phi) is 3.21. The Morgan fingerprint density at radius 1 is 1.40 bits per heavy atom. The first-order chi connectivity index (χ1) is 9.56. The molecular formula is C13H18N4O3. The molecule has 0 unspecified atom stereocenters. The van der Waals surface area contributed by atoms with Gasteiger partial charge < -0.3 is 20.4 Å². The largest absolute Gasteiger partial charge is 0.376 e. The van der Waals surface area contributed by atoms with Crippen LogP contribution in [0.1, 0.15) is 29.7 Å². The van der Waals surface area contributed by atoms with Gasteiger partial charge in [0.1, 0.15) is 0 Å². The highest BCUT2D eigenvalue weighted by atomic mass is 16.5. The number of ether oxygens (including phenoxy) is 1. The van der Waals surface area contributed by atoms with E-state index >= 15 is 0 Å². The fourth-order valence-electron chi connectivity index (χ4n) is 3.06. The van der Waals surface area contributed by atoms with Crippen molar-refractivity contribution in [2.75, 3.05) is 6.61 Å². The highest BCUT2D eigenvalue weighted by molar-refractivity contribution is 5.91. The molecule has 0 radical (unpaired) electrons. The molecule has 2 heterocycles. The maximum absolute atomic E-state index is 12.1. The normalized spacial score (nSPS) is 31.3. The number of fused-ring (bicyclic) bond motifs is 1. The predicted octanol–water partition coefficient (Wildman–Crippen LogP) is -0.260. The van der Waals surface area contributed by atoms with Gasteiger partial charge in [-0.1, -0.05) is 0 Å². The highest BCUT2D eigenvalue weighted by Crippen LogP contribution is 2.39. The van der Waals surface area contributed by atoms with Crippen LogP contribution in [0.15, 0.2) is 6.20 Å². The number of aromatic amines is 1. The molecule has 0 spiro atoms. The third kappa shape index (κ3) is 2.18. The van der Waals surface area contributed by atoms with Crippen molar-refractivity contribution in [3.63, 3.8) is 0 Å². The van der Waals surface area contributed by atoms with Crippen LogP contribution < -0.4 is 10.6 Å². The van der Waals surface area contributed by atoms with Crippen LogP contribution in [-0.4, -0.2) is 46.6 Å². The number of aryl methyl sites for hydroxylation is 1. The monoisotopic (exact) mass is 278 g/mol. The first-order valence-electron chi connectivity index (χ1n) is 6.77. The molecule has 1 aromatic heterocycles. The van der Waals surface area contributed by atoms with Crippen molar-refractivity contribution >= 4 is 11.8 Å². The van der Waals surface area contributed by atoms with Crippen molar-refractivity contribution in [2.24, 2.45) is 5.92 Å². The molecule has 1 aliphatic heterocycles. The molecule has 0 aromatic carbocycles. The molecule has 108 valence electrons. The lowest BCUT2D eigenvalue weighted by Gasteiger charge is -2.47. The predicted molar refractivity (Wildman–Crippen MR) is 70.0 cm³/mol. The van der Waals surface area contributed by atoms with E-state index in [1.165, 1.54) is 6.92 Å². The summed E-state index contributed by atoms with van der Waals surface area (Å²) in [7, 11) is 0. The van der Waals surface area contributed by atoms with Crippen LogP contribution in [-0.2, 0) is 9.53 Å². The molecule has 2 fully saturated rings. The van der Waals surface area contributed by atoms with Gasteiger partial charge in [-0.25, -0.2) is 4.98 Å². The van der Waals surface area contributed by atoms with E-state index in [-0.39, 0.29) is 35.9 Å². The molecule has 20 heavy (non-hydrogen) atoms. The zero-order valence-corrected chi connectivity index (χ0v) is 11.5. The molecule has 4 atom stereocenters. The maximum atomic E-state index is 12.1. The van der Waals surface area contributed by atoms with Crippen LogP contribution in [0.3, 0.4) is 0 Å². The molecule has 7 nitrogen and oxygen atoms in total. The first kappa shape index (κ1) is 13.1. The molecule has 1 aliphatic carbocycles. The number of carbonyl (C=O) groups is 2. The lowest BCUT2D eigenvalue weighted by molar-refractivity contribution is -0.123. The quantitative estimate of drug-likeness (QED) is 0.709. The van der Waals surface area contributed by atoms with E-state index in [1.807, 2.05) is 6.92 Å². The van der Waals surface area contributed by atoms with Gasteiger partial charge in [0.2, 0.25) is 5.91 Å². The molecule has 0 bridgehead atoms. The number of H-pyrrole nitrogens is 1.